The Kier molecular flexibility index (Phi) is 6.11. The molecule has 0 aliphatic carbocycles. The number of carbonyl (C=O) groups is 3. The Bertz CT molecular complexity index is 1180. The molecule has 1 aliphatic heterocycles. The molecule has 11 nitrogen and oxygen atoms in total. The molecular weight excluding hydrogens is 424 g/mol. The summed E-state index contributed by atoms with van der Waals surface area (Å²) in [6.45, 7) is 1.71. The number of anilines is 3. The summed E-state index contributed by atoms with van der Waals surface area (Å²) in [6, 6.07) is 14.4. The van der Waals surface area contributed by atoms with E-state index in [0.717, 1.165) is 0 Å². The van der Waals surface area contributed by atoms with Crippen molar-refractivity contribution in [3.05, 3.63) is 67.3 Å². The summed E-state index contributed by atoms with van der Waals surface area (Å²) in [5.41, 5.74) is 7.46. The van der Waals surface area contributed by atoms with Crippen LogP contribution in [0.15, 0.2) is 72.4 Å². The molecule has 2 aromatic carbocycles. The SMILES string of the molecule is CC(C(=O)Nc1ccc(NC(=O)C2=NN(c3ccccc3)C(C(N)=O)C2)cc1)n1cncn1. The molecule has 0 fully saturated rings. The molecule has 11 heteroatoms. The number of carbonyl (C=O) groups excluding carboxylic acids is 3. The van der Waals surface area contributed by atoms with Crippen LogP contribution in [-0.4, -0.2) is 44.2 Å². The van der Waals surface area contributed by atoms with Gasteiger partial charge in [0, 0.05) is 17.8 Å². The number of nitrogens with one attached hydrogen (secondary N) is 2. The minimum atomic E-state index is -0.738. The van der Waals surface area contributed by atoms with Crippen LogP contribution >= 0.6 is 0 Å². The van der Waals surface area contributed by atoms with Gasteiger partial charge >= 0.3 is 0 Å². The Morgan fingerprint density at radius 1 is 1.03 bits per heavy atom. The first kappa shape index (κ1) is 21.7. The van der Waals surface area contributed by atoms with Gasteiger partial charge in [-0.1, -0.05) is 18.2 Å². The van der Waals surface area contributed by atoms with Gasteiger partial charge < -0.3 is 16.4 Å². The number of para-hydroxylation sites is 1. The van der Waals surface area contributed by atoms with Crippen molar-refractivity contribution in [3.8, 4) is 0 Å². The third-order valence-corrected chi connectivity index (χ3v) is 5.14. The van der Waals surface area contributed by atoms with E-state index in [2.05, 4.69) is 25.8 Å². The predicted octanol–water partition coefficient (Wildman–Crippen LogP) is 1.54. The van der Waals surface area contributed by atoms with Crippen molar-refractivity contribution >= 4 is 40.5 Å². The van der Waals surface area contributed by atoms with E-state index in [1.807, 2.05) is 18.2 Å². The zero-order valence-corrected chi connectivity index (χ0v) is 17.8. The number of nitrogens with two attached hydrogens (primary N) is 1. The third-order valence-electron chi connectivity index (χ3n) is 5.14. The lowest BCUT2D eigenvalue weighted by molar-refractivity contribution is -0.119. The number of hydrogen-bond donors (Lipinski definition) is 3. The number of hydrazone groups is 1. The minimum Gasteiger partial charge on any atom is -0.368 e. The molecule has 0 saturated heterocycles. The Balaban J connectivity index is 1.40. The van der Waals surface area contributed by atoms with E-state index in [4.69, 9.17) is 5.73 Å². The Morgan fingerprint density at radius 2 is 1.70 bits per heavy atom. The van der Waals surface area contributed by atoms with Crippen LogP contribution in [0, 0.1) is 0 Å². The number of primary amides is 1. The fourth-order valence-electron chi connectivity index (χ4n) is 3.31. The molecule has 0 radical (unpaired) electrons. The fraction of sp³-hybridized carbons (Fsp3) is 0.182. The van der Waals surface area contributed by atoms with E-state index in [9.17, 15) is 14.4 Å². The molecule has 33 heavy (non-hydrogen) atoms. The van der Waals surface area contributed by atoms with Gasteiger partial charge in [0.2, 0.25) is 11.8 Å². The number of rotatable bonds is 7. The standard InChI is InChI=1S/C22H22N8O3/c1-14(29-13-24-12-25-29)21(32)26-15-7-9-16(10-8-15)27-22(33)18-11-19(20(23)31)30(28-18)17-5-3-2-4-6-17/h2-10,12-14,19H,11H2,1H3,(H2,23,31)(H,26,32)(H,27,33). The second-order valence-electron chi connectivity index (χ2n) is 7.42. The highest BCUT2D eigenvalue weighted by molar-refractivity contribution is 6.44. The highest BCUT2D eigenvalue weighted by Gasteiger charge is 2.34. The number of nitrogens with zero attached hydrogens (tertiary/aromatic N) is 5. The van der Waals surface area contributed by atoms with Gasteiger partial charge in [0.25, 0.3) is 5.91 Å². The first-order valence-corrected chi connectivity index (χ1v) is 10.2. The van der Waals surface area contributed by atoms with E-state index in [-0.39, 0.29) is 18.0 Å². The molecule has 3 amide bonds. The molecular formula is C22H22N8O3. The van der Waals surface area contributed by atoms with Crippen LogP contribution in [0.3, 0.4) is 0 Å². The van der Waals surface area contributed by atoms with Crippen molar-refractivity contribution in [2.75, 3.05) is 15.6 Å². The van der Waals surface area contributed by atoms with E-state index in [1.54, 1.807) is 43.3 Å². The van der Waals surface area contributed by atoms with Crippen LogP contribution in [0.2, 0.25) is 0 Å². The van der Waals surface area contributed by atoms with Gasteiger partial charge in [-0.2, -0.15) is 10.2 Å². The van der Waals surface area contributed by atoms with Crippen LogP contribution in [0.1, 0.15) is 19.4 Å². The molecule has 1 aromatic heterocycles. The maximum atomic E-state index is 12.7. The second kappa shape index (κ2) is 9.30. The van der Waals surface area contributed by atoms with Gasteiger partial charge in [-0.15, -0.1) is 0 Å². The summed E-state index contributed by atoms with van der Waals surface area (Å²) >= 11 is 0. The van der Waals surface area contributed by atoms with Crippen LogP contribution in [0.25, 0.3) is 0 Å². The van der Waals surface area contributed by atoms with Crippen molar-refractivity contribution in [2.24, 2.45) is 10.8 Å². The van der Waals surface area contributed by atoms with Crippen LogP contribution in [0.5, 0.6) is 0 Å². The topological polar surface area (TPSA) is 148 Å². The second-order valence-corrected chi connectivity index (χ2v) is 7.42. The molecule has 0 spiro atoms. The van der Waals surface area contributed by atoms with Gasteiger partial charge in [0.15, 0.2) is 0 Å². The molecule has 0 bridgehead atoms. The van der Waals surface area contributed by atoms with Crippen molar-refractivity contribution in [1.82, 2.24) is 14.8 Å². The first-order chi connectivity index (χ1) is 15.9. The normalized spacial score (nSPS) is 16.1. The zero-order chi connectivity index (χ0) is 23.4. The Hall–Kier alpha value is -4.54. The molecule has 0 saturated carbocycles. The highest BCUT2D eigenvalue weighted by atomic mass is 16.2. The molecule has 4 rings (SSSR count). The maximum Gasteiger partial charge on any atom is 0.271 e. The molecule has 2 unspecified atom stereocenters. The Labute approximate surface area is 189 Å². The van der Waals surface area contributed by atoms with Crippen molar-refractivity contribution in [1.29, 1.82) is 0 Å². The fourth-order valence-corrected chi connectivity index (χ4v) is 3.31. The number of amides is 3. The Morgan fingerprint density at radius 3 is 2.30 bits per heavy atom. The van der Waals surface area contributed by atoms with Crippen molar-refractivity contribution < 1.29 is 14.4 Å². The van der Waals surface area contributed by atoms with Crippen LogP contribution < -0.4 is 21.4 Å². The summed E-state index contributed by atoms with van der Waals surface area (Å²) in [4.78, 5) is 40.8. The lowest BCUT2D eigenvalue weighted by Gasteiger charge is -2.20. The lowest BCUT2D eigenvalue weighted by Crippen LogP contribution is -2.39. The quantitative estimate of drug-likeness (QED) is 0.501. The van der Waals surface area contributed by atoms with Gasteiger partial charge in [-0.25, -0.2) is 9.67 Å². The minimum absolute atomic E-state index is 0.102. The number of hydrogen-bond acceptors (Lipinski definition) is 7. The highest BCUT2D eigenvalue weighted by Crippen LogP contribution is 2.25. The van der Waals surface area contributed by atoms with E-state index >= 15 is 0 Å². The summed E-state index contributed by atoms with van der Waals surface area (Å²) in [7, 11) is 0. The van der Waals surface area contributed by atoms with Crippen LogP contribution in [0.4, 0.5) is 17.1 Å². The molecule has 1 aliphatic rings. The lowest BCUT2D eigenvalue weighted by atomic mass is 10.1. The molecule has 2 atom stereocenters. The van der Waals surface area contributed by atoms with Crippen molar-refractivity contribution in [2.45, 2.75) is 25.4 Å². The first-order valence-electron chi connectivity index (χ1n) is 10.2. The molecule has 3 aromatic rings. The average molecular weight is 446 g/mol. The zero-order valence-electron chi connectivity index (χ0n) is 17.8. The van der Waals surface area contributed by atoms with Gasteiger partial charge in [0.05, 0.1) is 5.69 Å². The van der Waals surface area contributed by atoms with E-state index in [0.29, 0.717) is 17.1 Å². The summed E-state index contributed by atoms with van der Waals surface area (Å²) in [6.07, 6.45) is 2.93. The summed E-state index contributed by atoms with van der Waals surface area (Å²) in [5.74, 6) is -1.25. The average Bonchev–Trinajstić information content (AvgIpc) is 3.51. The monoisotopic (exact) mass is 446 g/mol. The van der Waals surface area contributed by atoms with Crippen LogP contribution in [-0.2, 0) is 14.4 Å². The van der Waals surface area contributed by atoms with Gasteiger partial charge in [0.1, 0.15) is 30.5 Å². The molecule has 2 heterocycles. The molecule has 168 valence electrons. The van der Waals surface area contributed by atoms with Gasteiger partial charge in [-0.05, 0) is 43.3 Å². The van der Waals surface area contributed by atoms with E-state index in [1.165, 1.54) is 22.3 Å². The summed E-state index contributed by atoms with van der Waals surface area (Å²) in [5, 5.41) is 15.3. The smallest absolute Gasteiger partial charge is 0.271 e. The van der Waals surface area contributed by atoms with E-state index < -0.39 is 23.9 Å². The third kappa shape index (κ3) is 4.87. The predicted molar refractivity (Wildman–Crippen MR) is 122 cm³/mol. The number of aromatic nitrogens is 3. The van der Waals surface area contributed by atoms with Crippen molar-refractivity contribution in [3.63, 3.8) is 0 Å². The molecule has 4 N–H and O–H groups in total. The largest absolute Gasteiger partial charge is 0.368 e. The number of benzene rings is 2. The maximum absolute atomic E-state index is 12.7. The van der Waals surface area contributed by atoms with Gasteiger partial charge in [-0.3, -0.25) is 19.4 Å². The summed E-state index contributed by atoms with van der Waals surface area (Å²) < 4.78 is 1.45.